The third-order valence-corrected chi connectivity index (χ3v) is 7.47. The Balaban J connectivity index is 1.71. The van der Waals surface area contributed by atoms with Gasteiger partial charge in [0.1, 0.15) is 5.82 Å². The summed E-state index contributed by atoms with van der Waals surface area (Å²) in [5.74, 6) is 1.59. The molecule has 2 aromatic heterocycles. The fourth-order valence-electron chi connectivity index (χ4n) is 4.43. The van der Waals surface area contributed by atoms with Crippen LogP contribution >= 0.6 is 0 Å². The SMILES string of the molecule is COc1nccnc1NS(=O)(=O)c1ccc(CC(C)C)cc1-c1ccc(Cn2ccnc2C(C)(C)C)cc1. The van der Waals surface area contributed by atoms with Gasteiger partial charge in [-0.15, -0.1) is 0 Å². The number of anilines is 1. The molecule has 4 rings (SSSR count). The first-order valence-corrected chi connectivity index (χ1v) is 14.1. The Labute approximate surface area is 225 Å². The van der Waals surface area contributed by atoms with Crippen LogP contribution in [0.3, 0.4) is 0 Å². The van der Waals surface area contributed by atoms with Gasteiger partial charge in [-0.25, -0.2) is 23.4 Å². The smallest absolute Gasteiger partial charge is 0.263 e. The molecule has 0 aliphatic carbocycles. The Morgan fingerprint density at radius 2 is 1.63 bits per heavy atom. The van der Waals surface area contributed by atoms with Gasteiger partial charge in [0.05, 0.1) is 12.0 Å². The number of benzene rings is 2. The lowest BCUT2D eigenvalue weighted by atomic mass is 9.95. The highest BCUT2D eigenvalue weighted by atomic mass is 32.2. The van der Waals surface area contributed by atoms with Crippen molar-refractivity contribution < 1.29 is 13.2 Å². The summed E-state index contributed by atoms with van der Waals surface area (Å²) in [6.45, 7) is 11.4. The zero-order valence-corrected chi connectivity index (χ0v) is 23.6. The lowest BCUT2D eigenvalue weighted by molar-refractivity contribution is 0.398. The molecule has 0 aliphatic heterocycles. The Morgan fingerprint density at radius 3 is 2.29 bits per heavy atom. The van der Waals surface area contributed by atoms with Crippen LogP contribution in [0.2, 0.25) is 0 Å². The van der Waals surface area contributed by atoms with Crippen LogP contribution in [-0.2, 0) is 28.4 Å². The highest BCUT2D eigenvalue weighted by Gasteiger charge is 2.23. The lowest BCUT2D eigenvalue weighted by Gasteiger charge is -2.20. The molecule has 0 saturated carbocycles. The predicted molar refractivity (Wildman–Crippen MR) is 150 cm³/mol. The number of imidazole rings is 1. The van der Waals surface area contributed by atoms with Crippen LogP contribution in [0.1, 0.15) is 51.6 Å². The Kier molecular flexibility index (Phi) is 7.87. The van der Waals surface area contributed by atoms with Crippen LogP contribution in [0, 0.1) is 5.92 Å². The third-order valence-electron chi connectivity index (χ3n) is 6.07. The van der Waals surface area contributed by atoms with Gasteiger partial charge in [-0.1, -0.05) is 65.0 Å². The van der Waals surface area contributed by atoms with Crippen molar-refractivity contribution in [1.82, 2.24) is 19.5 Å². The predicted octanol–water partition coefficient (Wildman–Crippen LogP) is 5.69. The van der Waals surface area contributed by atoms with Crippen LogP contribution < -0.4 is 9.46 Å². The van der Waals surface area contributed by atoms with E-state index in [9.17, 15) is 8.42 Å². The summed E-state index contributed by atoms with van der Waals surface area (Å²) in [6.07, 6.45) is 7.51. The molecule has 0 spiro atoms. The molecule has 200 valence electrons. The van der Waals surface area contributed by atoms with E-state index in [4.69, 9.17) is 4.74 Å². The molecule has 0 fully saturated rings. The monoisotopic (exact) mass is 533 g/mol. The van der Waals surface area contributed by atoms with E-state index in [-0.39, 0.29) is 22.0 Å². The normalized spacial score (nSPS) is 12.1. The largest absolute Gasteiger partial charge is 0.478 e. The molecule has 0 bridgehead atoms. The summed E-state index contributed by atoms with van der Waals surface area (Å²) in [4.78, 5) is 12.9. The van der Waals surface area contributed by atoms with Crippen molar-refractivity contribution in [2.45, 2.75) is 57.9 Å². The number of nitrogens with one attached hydrogen (secondary N) is 1. The van der Waals surface area contributed by atoms with E-state index in [2.05, 4.69) is 58.9 Å². The molecule has 38 heavy (non-hydrogen) atoms. The van der Waals surface area contributed by atoms with Crippen molar-refractivity contribution in [1.29, 1.82) is 0 Å². The Hall–Kier alpha value is -3.72. The molecule has 0 amide bonds. The minimum Gasteiger partial charge on any atom is -0.478 e. The minimum atomic E-state index is -3.99. The number of methoxy groups -OCH3 is 1. The molecular formula is C29H35N5O3S. The van der Waals surface area contributed by atoms with Gasteiger partial charge in [-0.3, -0.25) is 4.72 Å². The van der Waals surface area contributed by atoms with Crippen molar-refractivity contribution in [2.24, 2.45) is 5.92 Å². The van der Waals surface area contributed by atoms with E-state index in [1.165, 1.54) is 19.5 Å². The first-order chi connectivity index (χ1) is 18.0. The fraction of sp³-hybridized carbons (Fsp3) is 0.345. The molecule has 4 aromatic rings. The molecular weight excluding hydrogens is 498 g/mol. The molecule has 2 heterocycles. The van der Waals surface area contributed by atoms with Crippen molar-refractivity contribution in [2.75, 3.05) is 11.8 Å². The third kappa shape index (κ3) is 6.22. The van der Waals surface area contributed by atoms with Crippen LogP contribution in [-0.4, -0.2) is 35.0 Å². The maximum Gasteiger partial charge on any atom is 0.263 e. The molecule has 9 heteroatoms. The van der Waals surface area contributed by atoms with Gasteiger partial charge in [0.2, 0.25) is 5.82 Å². The zero-order chi connectivity index (χ0) is 27.5. The van der Waals surface area contributed by atoms with Gasteiger partial charge in [0.25, 0.3) is 15.9 Å². The highest BCUT2D eigenvalue weighted by Crippen LogP contribution is 2.32. The van der Waals surface area contributed by atoms with E-state index < -0.39 is 10.0 Å². The maximum absolute atomic E-state index is 13.6. The van der Waals surface area contributed by atoms with Crippen molar-refractivity contribution in [3.8, 4) is 17.0 Å². The second-order valence-corrected chi connectivity index (χ2v) is 12.4. The number of hydrogen-bond acceptors (Lipinski definition) is 6. The number of rotatable bonds is 9. The van der Waals surface area contributed by atoms with E-state index in [0.29, 0.717) is 18.0 Å². The highest BCUT2D eigenvalue weighted by molar-refractivity contribution is 7.92. The van der Waals surface area contributed by atoms with E-state index in [1.54, 1.807) is 6.07 Å². The van der Waals surface area contributed by atoms with Crippen molar-refractivity contribution >= 4 is 15.8 Å². The average Bonchev–Trinajstić information content (AvgIpc) is 3.33. The van der Waals surface area contributed by atoms with E-state index in [1.807, 2.05) is 48.8 Å². The van der Waals surface area contributed by atoms with Gasteiger partial charge >= 0.3 is 0 Å². The van der Waals surface area contributed by atoms with Gasteiger partial charge in [0, 0.05) is 42.3 Å². The number of sulfonamides is 1. The lowest BCUT2D eigenvalue weighted by Crippen LogP contribution is -2.19. The second kappa shape index (κ2) is 10.9. The van der Waals surface area contributed by atoms with Gasteiger partial charge in [-0.2, -0.15) is 0 Å². The fourth-order valence-corrected chi connectivity index (χ4v) is 5.65. The molecule has 8 nitrogen and oxygen atoms in total. The molecule has 0 radical (unpaired) electrons. The number of hydrogen-bond donors (Lipinski definition) is 1. The van der Waals surface area contributed by atoms with Gasteiger partial charge in [-0.05, 0) is 41.2 Å². The van der Waals surface area contributed by atoms with Crippen LogP contribution in [0.15, 0.2) is 72.1 Å². The topological polar surface area (TPSA) is 99.0 Å². The second-order valence-electron chi connectivity index (χ2n) is 10.8. The van der Waals surface area contributed by atoms with Crippen molar-refractivity contribution in [3.05, 3.63) is 84.2 Å². The van der Waals surface area contributed by atoms with Crippen LogP contribution in [0.25, 0.3) is 11.1 Å². The van der Waals surface area contributed by atoms with Gasteiger partial charge < -0.3 is 9.30 Å². The van der Waals surface area contributed by atoms with Gasteiger partial charge in [0.15, 0.2) is 0 Å². The number of ether oxygens (including phenoxy) is 1. The molecule has 2 aromatic carbocycles. The number of nitrogens with zero attached hydrogens (tertiary/aromatic N) is 4. The number of aromatic nitrogens is 4. The standard InChI is InChI=1S/C29H35N5O3S/c1-20(2)17-22-9-12-25(38(35,36)33-26-27(37-6)31-14-13-30-26)24(18-22)23-10-7-21(8-11-23)19-34-16-15-32-28(34)29(3,4)5/h7-16,18,20H,17,19H2,1-6H3,(H,30,33). The first kappa shape index (κ1) is 27.3. The van der Waals surface area contributed by atoms with E-state index >= 15 is 0 Å². The summed E-state index contributed by atoms with van der Waals surface area (Å²) in [7, 11) is -2.57. The minimum absolute atomic E-state index is 0.0394. The Morgan fingerprint density at radius 1 is 0.947 bits per heavy atom. The average molecular weight is 534 g/mol. The summed E-state index contributed by atoms with van der Waals surface area (Å²) >= 11 is 0. The maximum atomic E-state index is 13.6. The van der Waals surface area contributed by atoms with Crippen molar-refractivity contribution in [3.63, 3.8) is 0 Å². The quantitative estimate of drug-likeness (QED) is 0.297. The summed E-state index contributed by atoms with van der Waals surface area (Å²) in [5, 5.41) is 0. The van der Waals surface area contributed by atoms with Crippen LogP contribution in [0.4, 0.5) is 5.82 Å². The zero-order valence-electron chi connectivity index (χ0n) is 22.8. The molecule has 0 unspecified atom stereocenters. The molecule has 0 saturated heterocycles. The first-order valence-electron chi connectivity index (χ1n) is 12.6. The summed E-state index contributed by atoms with van der Waals surface area (Å²) in [5.41, 5.74) is 3.55. The van der Waals surface area contributed by atoms with Crippen LogP contribution in [0.5, 0.6) is 5.88 Å². The summed E-state index contributed by atoms with van der Waals surface area (Å²) in [6, 6.07) is 13.5. The Bertz CT molecular complexity index is 1500. The molecule has 0 atom stereocenters. The molecule has 0 aliphatic rings. The molecule has 1 N–H and O–H groups in total. The summed E-state index contributed by atoms with van der Waals surface area (Å²) < 4.78 is 37.0. The van der Waals surface area contributed by atoms with E-state index in [0.717, 1.165) is 28.9 Å².